The standard InChI is InChI=1S/C45H29N3O/c1-2-12-30(13-3-1)43-46-44(32-24-23-29-22-21-28-11-4-6-15-34(28)38(29)26-32)48-45(47-43)33-25-31-14-5-7-16-35(31)39(27-33)36-18-10-20-41-42(36)37-17-8-9-19-40(37)49-41/h1-27,44H,(H,46,47,48). The molecule has 1 N–H and O–H groups in total. The molecule has 0 fully saturated rings. The van der Waals surface area contributed by atoms with Gasteiger partial charge in [-0.05, 0) is 79.3 Å². The molecule has 0 saturated carbocycles. The van der Waals surface area contributed by atoms with Gasteiger partial charge in [-0.25, -0.2) is 9.98 Å². The number of amidine groups is 2. The van der Waals surface area contributed by atoms with Crippen LogP contribution in [0.3, 0.4) is 0 Å². The van der Waals surface area contributed by atoms with Crippen LogP contribution in [0.5, 0.6) is 0 Å². The van der Waals surface area contributed by atoms with E-state index in [0.717, 1.165) is 66.8 Å². The van der Waals surface area contributed by atoms with Crippen LogP contribution in [0, 0.1) is 0 Å². The summed E-state index contributed by atoms with van der Waals surface area (Å²) in [5, 5.41) is 13.0. The van der Waals surface area contributed by atoms with Crippen molar-refractivity contribution in [3.8, 4) is 11.1 Å². The normalized spacial score (nSPS) is 14.7. The summed E-state index contributed by atoms with van der Waals surface area (Å²) in [4.78, 5) is 10.5. The van der Waals surface area contributed by atoms with Crippen molar-refractivity contribution in [1.82, 2.24) is 5.32 Å². The Labute approximate surface area is 282 Å². The summed E-state index contributed by atoms with van der Waals surface area (Å²) in [6.45, 7) is 0. The molecule has 8 aromatic carbocycles. The van der Waals surface area contributed by atoms with E-state index in [1.807, 2.05) is 30.3 Å². The molecule has 1 aliphatic heterocycles. The third-order valence-corrected chi connectivity index (χ3v) is 9.68. The number of benzene rings is 8. The molecule has 49 heavy (non-hydrogen) atoms. The monoisotopic (exact) mass is 627 g/mol. The van der Waals surface area contributed by atoms with E-state index in [4.69, 9.17) is 14.4 Å². The summed E-state index contributed by atoms with van der Waals surface area (Å²) >= 11 is 0. The molecule has 1 unspecified atom stereocenters. The zero-order chi connectivity index (χ0) is 32.3. The van der Waals surface area contributed by atoms with Gasteiger partial charge in [-0.15, -0.1) is 0 Å². The van der Waals surface area contributed by atoms with Gasteiger partial charge >= 0.3 is 0 Å². The van der Waals surface area contributed by atoms with Gasteiger partial charge in [0.2, 0.25) is 0 Å². The van der Waals surface area contributed by atoms with Crippen molar-refractivity contribution in [3.05, 3.63) is 180 Å². The first-order valence-electron chi connectivity index (χ1n) is 16.6. The van der Waals surface area contributed by atoms with Gasteiger partial charge in [-0.3, -0.25) is 0 Å². The third kappa shape index (κ3) is 4.61. The average Bonchev–Trinajstić information content (AvgIpc) is 3.56. The fourth-order valence-electron chi connectivity index (χ4n) is 7.34. The first kappa shape index (κ1) is 27.6. The second-order valence-corrected chi connectivity index (χ2v) is 12.6. The van der Waals surface area contributed by atoms with E-state index in [0.29, 0.717) is 0 Å². The number of furan rings is 1. The minimum Gasteiger partial charge on any atom is -0.456 e. The van der Waals surface area contributed by atoms with E-state index in [9.17, 15) is 0 Å². The van der Waals surface area contributed by atoms with Crippen molar-refractivity contribution < 1.29 is 4.42 Å². The first-order chi connectivity index (χ1) is 24.3. The molecule has 0 spiro atoms. The Balaban J connectivity index is 1.18. The second kappa shape index (κ2) is 11.0. The number of hydrogen-bond donors (Lipinski definition) is 1. The fraction of sp³-hybridized carbons (Fsp3) is 0.0222. The highest BCUT2D eigenvalue weighted by molar-refractivity contribution is 6.20. The van der Waals surface area contributed by atoms with E-state index >= 15 is 0 Å². The van der Waals surface area contributed by atoms with Crippen LogP contribution in [0.1, 0.15) is 22.9 Å². The van der Waals surface area contributed by atoms with Gasteiger partial charge in [0.1, 0.15) is 22.8 Å². The Kier molecular flexibility index (Phi) is 6.21. The number of fused-ring (bicyclic) bond motifs is 7. The molecule has 1 aliphatic rings. The zero-order valence-corrected chi connectivity index (χ0v) is 26.5. The van der Waals surface area contributed by atoms with Crippen LogP contribution in [-0.2, 0) is 0 Å². The maximum atomic E-state index is 6.30. The van der Waals surface area contributed by atoms with Gasteiger partial charge in [-0.1, -0.05) is 133 Å². The minimum absolute atomic E-state index is 0.425. The van der Waals surface area contributed by atoms with E-state index in [1.54, 1.807) is 0 Å². The number of aliphatic imine (C=N–C) groups is 2. The van der Waals surface area contributed by atoms with Gasteiger partial charge in [-0.2, -0.15) is 0 Å². The number of rotatable bonds is 4. The molecule has 0 saturated heterocycles. The molecule has 2 heterocycles. The average molecular weight is 628 g/mol. The van der Waals surface area contributed by atoms with Crippen LogP contribution in [0.4, 0.5) is 0 Å². The van der Waals surface area contributed by atoms with E-state index in [2.05, 4.69) is 139 Å². The summed E-state index contributed by atoms with van der Waals surface area (Å²) in [6.07, 6.45) is -0.425. The SMILES string of the molecule is c1ccc(C2=NC(c3ccc4ccc5ccccc5c4c3)N=C(c3cc(-c4cccc5oc6ccccc6c45)c4ccccc4c3)N2)cc1. The quantitative estimate of drug-likeness (QED) is 0.197. The molecule has 230 valence electrons. The van der Waals surface area contributed by atoms with Gasteiger partial charge in [0.25, 0.3) is 0 Å². The fourth-order valence-corrected chi connectivity index (χ4v) is 7.34. The maximum absolute atomic E-state index is 6.30. The Hall–Kier alpha value is -6.52. The summed E-state index contributed by atoms with van der Waals surface area (Å²) in [5.74, 6) is 1.58. The second-order valence-electron chi connectivity index (χ2n) is 12.6. The number of nitrogens with zero attached hydrogens (tertiary/aromatic N) is 2. The van der Waals surface area contributed by atoms with Crippen molar-refractivity contribution in [3.63, 3.8) is 0 Å². The topological polar surface area (TPSA) is 49.9 Å². The van der Waals surface area contributed by atoms with Gasteiger partial charge in [0, 0.05) is 21.9 Å². The van der Waals surface area contributed by atoms with Crippen molar-refractivity contribution >= 4 is 65.9 Å². The molecule has 4 nitrogen and oxygen atoms in total. The van der Waals surface area contributed by atoms with Crippen LogP contribution in [-0.4, -0.2) is 11.7 Å². The molecular weight excluding hydrogens is 599 g/mol. The van der Waals surface area contributed by atoms with Crippen LogP contribution >= 0.6 is 0 Å². The van der Waals surface area contributed by atoms with Crippen LogP contribution in [0.2, 0.25) is 0 Å². The lowest BCUT2D eigenvalue weighted by Gasteiger charge is -2.23. The number of nitrogens with one attached hydrogen (secondary N) is 1. The largest absolute Gasteiger partial charge is 0.456 e. The zero-order valence-electron chi connectivity index (χ0n) is 26.5. The molecule has 0 radical (unpaired) electrons. The Morgan fingerprint density at radius 1 is 0.429 bits per heavy atom. The molecule has 0 aliphatic carbocycles. The van der Waals surface area contributed by atoms with Crippen molar-refractivity contribution in [1.29, 1.82) is 0 Å². The highest BCUT2D eigenvalue weighted by atomic mass is 16.3. The highest BCUT2D eigenvalue weighted by Gasteiger charge is 2.23. The van der Waals surface area contributed by atoms with Gasteiger partial charge in [0.05, 0.1) is 0 Å². The Morgan fingerprint density at radius 3 is 1.94 bits per heavy atom. The van der Waals surface area contributed by atoms with Crippen LogP contribution < -0.4 is 5.32 Å². The van der Waals surface area contributed by atoms with Crippen molar-refractivity contribution in [2.24, 2.45) is 9.98 Å². The van der Waals surface area contributed by atoms with Gasteiger partial charge in [0.15, 0.2) is 6.17 Å². The summed E-state index contributed by atoms with van der Waals surface area (Å²) < 4.78 is 6.30. The predicted octanol–water partition coefficient (Wildman–Crippen LogP) is 11.2. The van der Waals surface area contributed by atoms with Crippen molar-refractivity contribution in [2.45, 2.75) is 6.17 Å². The van der Waals surface area contributed by atoms with E-state index < -0.39 is 6.17 Å². The molecule has 0 bridgehead atoms. The highest BCUT2D eigenvalue weighted by Crippen LogP contribution is 2.40. The first-order valence-corrected chi connectivity index (χ1v) is 16.6. The van der Waals surface area contributed by atoms with Crippen LogP contribution in [0.15, 0.2) is 178 Å². The summed E-state index contributed by atoms with van der Waals surface area (Å²) in [6, 6.07) is 57.5. The molecule has 1 aromatic heterocycles. The van der Waals surface area contributed by atoms with E-state index in [1.165, 1.54) is 26.9 Å². The molecule has 4 heteroatoms. The van der Waals surface area contributed by atoms with E-state index in [-0.39, 0.29) is 0 Å². The molecule has 10 rings (SSSR count). The summed E-state index contributed by atoms with van der Waals surface area (Å²) in [5.41, 5.74) is 7.09. The Morgan fingerprint density at radius 2 is 1.08 bits per heavy atom. The molecule has 1 atom stereocenters. The minimum atomic E-state index is -0.425. The number of para-hydroxylation sites is 1. The molecule has 9 aromatic rings. The maximum Gasteiger partial charge on any atom is 0.169 e. The van der Waals surface area contributed by atoms with Crippen molar-refractivity contribution in [2.75, 3.05) is 0 Å². The van der Waals surface area contributed by atoms with Gasteiger partial charge < -0.3 is 9.73 Å². The lowest BCUT2D eigenvalue weighted by atomic mass is 9.92. The molecule has 0 amide bonds. The summed E-state index contributed by atoms with van der Waals surface area (Å²) in [7, 11) is 0. The van der Waals surface area contributed by atoms with Crippen LogP contribution in [0.25, 0.3) is 65.4 Å². The third-order valence-electron chi connectivity index (χ3n) is 9.68. The lowest BCUT2D eigenvalue weighted by molar-refractivity contribution is 0.669. The Bertz CT molecular complexity index is 2810. The number of hydrogen-bond acceptors (Lipinski definition) is 4. The lowest BCUT2D eigenvalue weighted by Crippen LogP contribution is -2.36. The predicted molar refractivity (Wildman–Crippen MR) is 204 cm³/mol. The molecular formula is C45H29N3O. The smallest absolute Gasteiger partial charge is 0.169 e.